The molecule has 1 aromatic carbocycles. The van der Waals surface area contributed by atoms with Crippen LogP contribution in [0.4, 0.5) is 5.69 Å². The molecule has 20 heavy (non-hydrogen) atoms. The van der Waals surface area contributed by atoms with Crippen LogP contribution >= 0.6 is 0 Å². The maximum Gasteiger partial charge on any atom is 0.251 e. The number of anilines is 1. The summed E-state index contributed by atoms with van der Waals surface area (Å²) in [5.74, 6) is -0.311. The van der Waals surface area contributed by atoms with Crippen molar-refractivity contribution in [3.8, 4) is 0 Å². The quantitative estimate of drug-likeness (QED) is 0.795. The zero-order chi connectivity index (χ0) is 14.8. The van der Waals surface area contributed by atoms with Crippen molar-refractivity contribution in [3.63, 3.8) is 0 Å². The SMILES string of the molecule is CS(=O)(=O)c1cc(N)cc(C(=O)NC2CCOCC2)c1. The predicted molar refractivity (Wildman–Crippen MR) is 75.3 cm³/mol. The number of nitrogens with one attached hydrogen (secondary N) is 1. The van der Waals surface area contributed by atoms with E-state index in [1.54, 1.807) is 0 Å². The van der Waals surface area contributed by atoms with Crippen LogP contribution in [-0.4, -0.2) is 39.8 Å². The third-order valence-electron chi connectivity index (χ3n) is 3.18. The van der Waals surface area contributed by atoms with Crippen LogP contribution in [0.15, 0.2) is 23.1 Å². The summed E-state index contributed by atoms with van der Waals surface area (Å²) in [6, 6.07) is 4.23. The highest BCUT2D eigenvalue weighted by Gasteiger charge is 2.18. The van der Waals surface area contributed by atoms with Gasteiger partial charge in [0.05, 0.1) is 4.90 Å². The fourth-order valence-corrected chi connectivity index (χ4v) is 2.77. The van der Waals surface area contributed by atoms with Gasteiger partial charge >= 0.3 is 0 Å². The van der Waals surface area contributed by atoms with Crippen LogP contribution in [-0.2, 0) is 14.6 Å². The molecule has 0 aliphatic carbocycles. The van der Waals surface area contributed by atoms with Gasteiger partial charge in [-0.15, -0.1) is 0 Å². The number of rotatable bonds is 3. The molecule has 0 radical (unpaired) electrons. The first-order valence-corrected chi connectivity index (χ1v) is 8.24. The zero-order valence-electron chi connectivity index (χ0n) is 11.3. The van der Waals surface area contributed by atoms with Crippen molar-refractivity contribution in [2.45, 2.75) is 23.8 Å². The average Bonchev–Trinajstić information content (AvgIpc) is 2.38. The van der Waals surface area contributed by atoms with E-state index in [1.165, 1.54) is 18.2 Å². The molecule has 1 aromatic rings. The van der Waals surface area contributed by atoms with Crippen LogP contribution in [0.25, 0.3) is 0 Å². The van der Waals surface area contributed by atoms with Gasteiger partial charge < -0.3 is 15.8 Å². The van der Waals surface area contributed by atoms with Gasteiger partial charge in [0, 0.05) is 36.8 Å². The van der Waals surface area contributed by atoms with Crippen molar-refractivity contribution >= 4 is 21.4 Å². The van der Waals surface area contributed by atoms with E-state index < -0.39 is 9.84 Å². The number of amides is 1. The number of nitrogen functional groups attached to an aromatic ring is 1. The number of sulfone groups is 1. The highest BCUT2D eigenvalue weighted by molar-refractivity contribution is 7.90. The smallest absolute Gasteiger partial charge is 0.251 e. The van der Waals surface area contributed by atoms with E-state index in [0.29, 0.717) is 13.2 Å². The molecule has 0 spiro atoms. The average molecular weight is 298 g/mol. The van der Waals surface area contributed by atoms with Gasteiger partial charge in [0.25, 0.3) is 5.91 Å². The van der Waals surface area contributed by atoms with Crippen LogP contribution in [0, 0.1) is 0 Å². The second-order valence-corrected chi connectivity index (χ2v) is 6.94. The number of benzene rings is 1. The molecule has 3 N–H and O–H groups in total. The van der Waals surface area contributed by atoms with E-state index in [0.717, 1.165) is 19.1 Å². The Morgan fingerprint density at radius 2 is 1.95 bits per heavy atom. The first kappa shape index (κ1) is 14.8. The molecule has 0 saturated carbocycles. The molecule has 1 aliphatic rings. The summed E-state index contributed by atoms with van der Waals surface area (Å²) >= 11 is 0. The zero-order valence-corrected chi connectivity index (χ0v) is 12.1. The molecule has 1 heterocycles. The van der Waals surface area contributed by atoms with Crippen LogP contribution in [0.2, 0.25) is 0 Å². The molecule has 110 valence electrons. The van der Waals surface area contributed by atoms with Gasteiger partial charge in [0.2, 0.25) is 0 Å². The lowest BCUT2D eigenvalue weighted by atomic mass is 10.1. The van der Waals surface area contributed by atoms with Gasteiger partial charge in [-0.1, -0.05) is 0 Å². The molecule has 1 aliphatic heterocycles. The lowest BCUT2D eigenvalue weighted by Crippen LogP contribution is -2.38. The van der Waals surface area contributed by atoms with Gasteiger partial charge in [0.15, 0.2) is 9.84 Å². The van der Waals surface area contributed by atoms with Gasteiger partial charge in [-0.2, -0.15) is 0 Å². The Morgan fingerprint density at radius 1 is 1.30 bits per heavy atom. The molecule has 6 nitrogen and oxygen atoms in total. The predicted octanol–water partition coefficient (Wildman–Crippen LogP) is 0.581. The summed E-state index contributed by atoms with van der Waals surface area (Å²) in [5, 5.41) is 2.87. The van der Waals surface area contributed by atoms with Gasteiger partial charge in [0.1, 0.15) is 0 Å². The molecule has 2 rings (SSSR count). The van der Waals surface area contributed by atoms with Crippen molar-refractivity contribution in [2.24, 2.45) is 0 Å². The molecular weight excluding hydrogens is 280 g/mol. The minimum atomic E-state index is -3.39. The third kappa shape index (κ3) is 3.71. The Kier molecular flexibility index (Phi) is 4.29. The Hall–Kier alpha value is -1.60. The van der Waals surface area contributed by atoms with E-state index in [4.69, 9.17) is 10.5 Å². The van der Waals surface area contributed by atoms with E-state index in [-0.39, 0.29) is 28.1 Å². The Bertz CT molecular complexity index is 607. The molecule has 0 atom stereocenters. The summed E-state index contributed by atoms with van der Waals surface area (Å²) in [7, 11) is -3.39. The van der Waals surface area contributed by atoms with Crippen molar-refractivity contribution in [1.82, 2.24) is 5.32 Å². The Labute approximate surface area is 118 Å². The fraction of sp³-hybridized carbons (Fsp3) is 0.462. The topological polar surface area (TPSA) is 98.5 Å². The van der Waals surface area contributed by atoms with E-state index >= 15 is 0 Å². The summed E-state index contributed by atoms with van der Waals surface area (Å²) in [6.45, 7) is 1.24. The summed E-state index contributed by atoms with van der Waals surface area (Å²) in [6.07, 6.45) is 2.60. The summed E-state index contributed by atoms with van der Waals surface area (Å²) in [4.78, 5) is 12.2. The minimum absolute atomic E-state index is 0.0506. The van der Waals surface area contributed by atoms with Gasteiger partial charge in [-0.3, -0.25) is 4.79 Å². The normalized spacial score (nSPS) is 16.9. The molecule has 0 aromatic heterocycles. The largest absolute Gasteiger partial charge is 0.399 e. The fourth-order valence-electron chi connectivity index (χ4n) is 2.08. The van der Waals surface area contributed by atoms with E-state index in [9.17, 15) is 13.2 Å². The molecule has 7 heteroatoms. The van der Waals surface area contributed by atoms with E-state index in [2.05, 4.69) is 5.32 Å². The van der Waals surface area contributed by atoms with E-state index in [1.807, 2.05) is 0 Å². The monoisotopic (exact) mass is 298 g/mol. The lowest BCUT2D eigenvalue weighted by Gasteiger charge is -2.23. The van der Waals surface area contributed by atoms with Crippen LogP contribution in [0.3, 0.4) is 0 Å². The summed E-state index contributed by atoms with van der Waals surface area (Å²) in [5.41, 5.74) is 6.18. The van der Waals surface area contributed by atoms with Gasteiger partial charge in [-0.05, 0) is 31.0 Å². The van der Waals surface area contributed by atoms with Crippen molar-refractivity contribution in [2.75, 3.05) is 25.2 Å². The Balaban J connectivity index is 2.19. The first-order valence-electron chi connectivity index (χ1n) is 6.35. The molecule has 1 fully saturated rings. The number of ether oxygens (including phenoxy) is 1. The molecule has 1 saturated heterocycles. The minimum Gasteiger partial charge on any atom is -0.399 e. The van der Waals surface area contributed by atoms with Crippen LogP contribution in [0.1, 0.15) is 23.2 Å². The molecular formula is C13H18N2O4S. The molecule has 0 unspecified atom stereocenters. The standard InChI is InChI=1S/C13H18N2O4S/c1-20(17,18)12-7-9(6-10(14)8-12)13(16)15-11-2-4-19-5-3-11/h6-8,11H,2-5,14H2,1H3,(H,15,16). The highest BCUT2D eigenvalue weighted by atomic mass is 32.2. The van der Waals surface area contributed by atoms with Crippen LogP contribution in [0.5, 0.6) is 0 Å². The van der Waals surface area contributed by atoms with Crippen molar-refractivity contribution in [1.29, 1.82) is 0 Å². The molecule has 0 bridgehead atoms. The molecule has 1 amide bonds. The number of nitrogens with two attached hydrogens (primary N) is 1. The second kappa shape index (κ2) is 5.80. The number of carbonyl (C=O) groups is 1. The van der Waals surface area contributed by atoms with Crippen molar-refractivity contribution in [3.05, 3.63) is 23.8 Å². The summed E-state index contributed by atoms with van der Waals surface area (Å²) < 4.78 is 28.3. The second-order valence-electron chi connectivity index (χ2n) is 4.92. The third-order valence-corrected chi connectivity index (χ3v) is 4.27. The van der Waals surface area contributed by atoms with Crippen molar-refractivity contribution < 1.29 is 17.9 Å². The first-order chi connectivity index (χ1) is 9.36. The number of hydrogen-bond donors (Lipinski definition) is 2. The number of hydrogen-bond acceptors (Lipinski definition) is 5. The highest BCUT2D eigenvalue weighted by Crippen LogP contribution is 2.17. The lowest BCUT2D eigenvalue weighted by molar-refractivity contribution is 0.0696. The maximum atomic E-state index is 12.1. The van der Waals surface area contributed by atoms with Crippen LogP contribution < -0.4 is 11.1 Å². The number of carbonyl (C=O) groups excluding carboxylic acids is 1. The van der Waals surface area contributed by atoms with Gasteiger partial charge in [-0.25, -0.2) is 8.42 Å². The Morgan fingerprint density at radius 3 is 2.55 bits per heavy atom. The maximum absolute atomic E-state index is 12.1.